The maximum Gasteiger partial charge on any atom is 0.164 e. The molecule has 0 N–H and O–H groups in total. The highest BCUT2D eigenvalue weighted by Crippen LogP contribution is 2.42. The summed E-state index contributed by atoms with van der Waals surface area (Å²) in [5.74, 6) is 1.78. The fourth-order valence-corrected chi connectivity index (χ4v) is 11.3. The van der Waals surface area contributed by atoms with Crippen molar-refractivity contribution in [2.75, 3.05) is 0 Å². The second-order valence-electron chi connectivity index (χ2n) is 19.4. The summed E-state index contributed by atoms with van der Waals surface area (Å²) in [6.45, 7) is 0. The Labute approximate surface area is 440 Å². The topological polar surface area (TPSA) is 62.5 Å². The van der Waals surface area contributed by atoms with Crippen LogP contribution in [-0.4, -0.2) is 15.0 Å². The van der Waals surface area contributed by atoms with Gasteiger partial charge in [0.25, 0.3) is 0 Å². The van der Waals surface area contributed by atoms with E-state index in [0.717, 1.165) is 66.8 Å². The Morgan fingerprint density at radius 2 is 0.658 bits per heavy atom. The van der Waals surface area contributed by atoms with Crippen LogP contribution in [0.3, 0.4) is 0 Å². The van der Waals surface area contributed by atoms with Crippen molar-refractivity contribution in [1.29, 1.82) is 5.26 Å². The van der Waals surface area contributed by atoms with E-state index < -0.39 is 0 Å². The summed E-state index contributed by atoms with van der Waals surface area (Å²) in [4.78, 5) is 15.6. The summed E-state index contributed by atoms with van der Waals surface area (Å²) < 4.78 is 0. The molecule has 13 aromatic carbocycles. The monoisotopic (exact) mass is 964 g/mol. The highest BCUT2D eigenvalue weighted by atomic mass is 15.0. The maximum absolute atomic E-state index is 10.2. The lowest BCUT2D eigenvalue weighted by Gasteiger charge is -2.15. The van der Waals surface area contributed by atoms with Crippen molar-refractivity contribution in [3.05, 3.63) is 272 Å². The summed E-state index contributed by atoms with van der Waals surface area (Å²) in [6, 6.07) is 96.6. The Kier molecular flexibility index (Phi) is 10.9. The van der Waals surface area contributed by atoms with Crippen LogP contribution in [0.4, 0.5) is 0 Å². The first-order chi connectivity index (χ1) is 37.6. The Bertz CT molecular complexity index is 4610. The molecule has 352 valence electrons. The van der Waals surface area contributed by atoms with E-state index in [-0.39, 0.29) is 0 Å². The van der Waals surface area contributed by atoms with Crippen molar-refractivity contribution in [2.24, 2.45) is 0 Å². The minimum absolute atomic E-state index is 0.584. The molecule has 0 spiro atoms. The van der Waals surface area contributed by atoms with Crippen LogP contribution in [0.25, 0.3) is 144 Å². The number of benzene rings is 13. The second kappa shape index (κ2) is 18.6. The lowest BCUT2D eigenvalue weighted by atomic mass is 9.89. The first-order valence-electron chi connectivity index (χ1n) is 25.6. The highest BCUT2D eigenvalue weighted by molar-refractivity contribution is 6.25. The number of fused-ring (bicyclic) bond motifs is 9. The zero-order valence-electron chi connectivity index (χ0n) is 41.2. The molecule has 1 heterocycles. The standard InChI is InChI=1S/C72H44N4/c73-45-46-32-38-58(67(40-46)54-22-14-19-50(41-54)51-37-39-65-62-28-9-8-26-60(62)61-27-10-12-30-64(61)69(65)43-51)53-21-15-20-52(42-53)57-24-6-13-31-66(57)72-75-70(48-16-2-1-3-17-48)74-71(76-72)49-35-33-47(34-36-49)68-44-55-18-4-5-23-56(55)59-25-7-11-29-63(59)68/h1-44H. The van der Waals surface area contributed by atoms with Crippen molar-refractivity contribution in [2.45, 2.75) is 0 Å². The van der Waals surface area contributed by atoms with Crippen LogP contribution in [0.1, 0.15) is 5.56 Å². The van der Waals surface area contributed by atoms with Gasteiger partial charge in [0.2, 0.25) is 0 Å². The number of nitrogens with zero attached hydrogens (tertiary/aromatic N) is 4. The van der Waals surface area contributed by atoms with Gasteiger partial charge in [-0.25, -0.2) is 15.0 Å². The third-order valence-corrected chi connectivity index (χ3v) is 14.9. The molecule has 76 heavy (non-hydrogen) atoms. The molecular formula is C72H44N4. The molecule has 0 aliphatic rings. The van der Waals surface area contributed by atoms with Gasteiger partial charge in [-0.1, -0.05) is 231 Å². The molecule has 0 fully saturated rings. The molecule has 0 aliphatic heterocycles. The van der Waals surface area contributed by atoms with E-state index in [0.29, 0.717) is 23.0 Å². The molecule has 14 aromatic rings. The quantitative estimate of drug-likeness (QED) is 0.142. The summed E-state index contributed by atoms with van der Waals surface area (Å²) in [5.41, 5.74) is 13.9. The molecule has 0 saturated heterocycles. The van der Waals surface area contributed by atoms with Gasteiger partial charge in [0.1, 0.15) is 0 Å². The van der Waals surface area contributed by atoms with E-state index in [1.54, 1.807) is 0 Å². The van der Waals surface area contributed by atoms with Gasteiger partial charge in [-0.2, -0.15) is 5.26 Å². The van der Waals surface area contributed by atoms with Crippen LogP contribution in [0.15, 0.2) is 267 Å². The second-order valence-corrected chi connectivity index (χ2v) is 19.4. The van der Waals surface area contributed by atoms with Gasteiger partial charge in [0.15, 0.2) is 17.5 Å². The highest BCUT2D eigenvalue weighted by Gasteiger charge is 2.19. The molecule has 0 unspecified atom stereocenters. The summed E-state index contributed by atoms with van der Waals surface area (Å²) in [5, 5.41) is 22.6. The van der Waals surface area contributed by atoms with Crippen molar-refractivity contribution in [1.82, 2.24) is 15.0 Å². The molecule has 0 aliphatic carbocycles. The van der Waals surface area contributed by atoms with Gasteiger partial charge in [0, 0.05) is 16.7 Å². The number of aromatic nitrogens is 3. The predicted molar refractivity (Wildman–Crippen MR) is 316 cm³/mol. The van der Waals surface area contributed by atoms with E-state index in [1.165, 1.54) is 59.4 Å². The number of hydrogen-bond acceptors (Lipinski definition) is 4. The van der Waals surface area contributed by atoms with E-state index >= 15 is 0 Å². The zero-order chi connectivity index (χ0) is 50.5. The Morgan fingerprint density at radius 3 is 1.33 bits per heavy atom. The van der Waals surface area contributed by atoms with Gasteiger partial charge in [0.05, 0.1) is 11.6 Å². The molecule has 4 heteroatoms. The normalized spacial score (nSPS) is 11.4. The van der Waals surface area contributed by atoms with Crippen molar-refractivity contribution >= 4 is 53.9 Å². The SMILES string of the molecule is N#Cc1ccc(-c2cccc(-c3ccccc3-c3nc(-c4ccccc4)nc(-c4ccc(-c5cc6ccccc6c6ccccc56)cc4)n3)c2)c(-c2cccc(-c3ccc4c5ccccc5c5ccccc5c4c3)c2)c1. The van der Waals surface area contributed by atoms with Crippen molar-refractivity contribution in [3.63, 3.8) is 0 Å². The smallest absolute Gasteiger partial charge is 0.164 e. The average molecular weight is 965 g/mol. The minimum atomic E-state index is 0.584. The van der Waals surface area contributed by atoms with E-state index in [4.69, 9.17) is 15.0 Å². The first kappa shape index (κ1) is 44.4. The molecule has 14 rings (SSSR count). The number of nitriles is 1. The average Bonchev–Trinajstić information content (AvgIpc) is 3.52. The van der Waals surface area contributed by atoms with Gasteiger partial charge in [-0.15, -0.1) is 0 Å². The molecule has 0 radical (unpaired) electrons. The minimum Gasteiger partial charge on any atom is -0.208 e. The van der Waals surface area contributed by atoms with Crippen LogP contribution in [0.2, 0.25) is 0 Å². The van der Waals surface area contributed by atoms with Crippen LogP contribution < -0.4 is 0 Å². The van der Waals surface area contributed by atoms with Crippen LogP contribution in [0, 0.1) is 11.3 Å². The van der Waals surface area contributed by atoms with Crippen molar-refractivity contribution < 1.29 is 0 Å². The first-order valence-corrected chi connectivity index (χ1v) is 25.6. The van der Waals surface area contributed by atoms with Crippen LogP contribution in [0.5, 0.6) is 0 Å². The molecule has 0 bridgehead atoms. The van der Waals surface area contributed by atoms with E-state index in [1.807, 2.05) is 48.5 Å². The number of hydrogen-bond donors (Lipinski definition) is 0. The predicted octanol–water partition coefficient (Wildman–Crippen LogP) is 18.8. The molecule has 0 saturated carbocycles. The Hall–Kier alpha value is -10.3. The van der Waals surface area contributed by atoms with Gasteiger partial charge < -0.3 is 0 Å². The third kappa shape index (κ3) is 7.83. The van der Waals surface area contributed by atoms with Gasteiger partial charge in [-0.3, -0.25) is 0 Å². The van der Waals surface area contributed by atoms with E-state index in [9.17, 15) is 5.26 Å². The third-order valence-electron chi connectivity index (χ3n) is 14.9. The summed E-state index contributed by atoms with van der Waals surface area (Å²) >= 11 is 0. The molecular weight excluding hydrogens is 921 g/mol. The molecule has 0 atom stereocenters. The Balaban J connectivity index is 0.846. The molecule has 4 nitrogen and oxygen atoms in total. The number of rotatable bonds is 8. The summed E-state index contributed by atoms with van der Waals surface area (Å²) in [6.07, 6.45) is 0. The van der Waals surface area contributed by atoms with Crippen LogP contribution >= 0.6 is 0 Å². The fraction of sp³-hybridized carbons (Fsp3) is 0. The van der Waals surface area contributed by atoms with Gasteiger partial charge in [-0.05, 0) is 146 Å². The molecule has 1 aromatic heterocycles. The zero-order valence-corrected chi connectivity index (χ0v) is 41.2. The van der Waals surface area contributed by atoms with Crippen LogP contribution in [-0.2, 0) is 0 Å². The van der Waals surface area contributed by atoms with Crippen molar-refractivity contribution in [3.8, 4) is 95.9 Å². The lowest BCUT2D eigenvalue weighted by molar-refractivity contribution is 1.07. The maximum atomic E-state index is 10.2. The fourth-order valence-electron chi connectivity index (χ4n) is 11.3. The van der Waals surface area contributed by atoms with E-state index in [2.05, 4.69) is 224 Å². The summed E-state index contributed by atoms with van der Waals surface area (Å²) in [7, 11) is 0. The largest absolute Gasteiger partial charge is 0.208 e. The Morgan fingerprint density at radius 1 is 0.224 bits per heavy atom. The van der Waals surface area contributed by atoms with Gasteiger partial charge >= 0.3 is 0 Å². The lowest BCUT2D eigenvalue weighted by Crippen LogP contribution is -2.01. The molecule has 0 amide bonds.